The first-order valence-electron chi connectivity index (χ1n) is 8.77. The Morgan fingerprint density at radius 1 is 1.33 bits per heavy atom. The van der Waals surface area contributed by atoms with Crippen molar-refractivity contribution < 1.29 is 12.8 Å². The molecule has 3 atom stereocenters. The molecule has 3 N–H and O–H groups in total. The number of hydrazine groups is 1. The highest BCUT2D eigenvalue weighted by Crippen LogP contribution is 2.34. The molecule has 2 aromatic rings. The number of aryl methyl sites for hydroxylation is 1. The Morgan fingerprint density at radius 3 is 2.67 bits per heavy atom. The second-order valence-electron chi connectivity index (χ2n) is 7.00. The number of nitrogens with zero attached hydrogens (tertiary/aromatic N) is 2. The molecule has 1 saturated carbocycles. The van der Waals surface area contributed by atoms with Crippen molar-refractivity contribution in [1.82, 2.24) is 24.7 Å². The quantitative estimate of drug-likeness (QED) is 0.652. The molecule has 0 spiro atoms. The second kappa shape index (κ2) is 6.89. The van der Waals surface area contributed by atoms with Gasteiger partial charge in [-0.25, -0.2) is 33.2 Å². The minimum Gasteiger partial charge on any atom is -0.295 e. The zero-order valence-corrected chi connectivity index (χ0v) is 16.6. The van der Waals surface area contributed by atoms with Gasteiger partial charge in [0.25, 0.3) is 0 Å². The van der Waals surface area contributed by atoms with Crippen molar-refractivity contribution in [3.05, 3.63) is 28.7 Å². The van der Waals surface area contributed by atoms with Gasteiger partial charge in [-0.2, -0.15) is 0 Å². The van der Waals surface area contributed by atoms with Crippen molar-refractivity contribution >= 4 is 32.8 Å². The van der Waals surface area contributed by atoms with E-state index in [1.165, 1.54) is 33.0 Å². The topological polar surface area (TPSA) is 97.2 Å². The first kappa shape index (κ1) is 18.9. The Balaban J connectivity index is 1.76. The van der Waals surface area contributed by atoms with E-state index in [-0.39, 0.29) is 27.4 Å². The zero-order valence-electron chi connectivity index (χ0n) is 15.0. The Labute approximate surface area is 160 Å². The number of imidazole rings is 1. The van der Waals surface area contributed by atoms with Gasteiger partial charge in [0.2, 0.25) is 10.0 Å². The number of hydrogen-bond donors (Lipinski definition) is 3. The fraction of sp³-hybridized carbons (Fsp3) is 0.562. The van der Waals surface area contributed by atoms with Crippen LogP contribution in [0.25, 0.3) is 11.0 Å². The van der Waals surface area contributed by atoms with E-state index in [4.69, 9.17) is 0 Å². The molecular formula is C16H22FN5O3S2. The Morgan fingerprint density at radius 2 is 2.07 bits per heavy atom. The first-order chi connectivity index (χ1) is 12.8. The SMILES string of the molecule is CC1NNC(n2c(=O)n(C)c3ccc(S(=O)(=O)NC(CF)C4CC4)cc32)S1. The minimum atomic E-state index is -3.88. The first-order valence-corrected chi connectivity index (χ1v) is 11.2. The van der Waals surface area contributed by atoms with Crippen molar-refractivity contribution in [3.63, 3.8) is 0 Å². The molecule has 148 valence electrons. The molecule has 0 radical (unpaired) electrons. The van der Waals surface area contributed by atoms with E-state index in [0.717, 1.165) is 12.8 Å². The van der Waals surface area contributed by atoms with E-state index in [1.807, 2.05) is 6.92 Å². The number of benzene rings is 1. The molecule has 2 fully saturated rings. The van der Waals surface area contributed by atoms with E-state index >= 15 is 0 Å². The summed E-state index contributed by atoms with van der Waals surface area (Å²) in [4.78, 5) is 12.7. The van der Waals surface area contributed by atoms with Gasteiger partial charge < -0.3 is 0 Å². The molecule has 2 aliphatic rings. The van der Waals surface area contributed by atoms with E-state index in [9.17, 15) is 17.6 Å². The molecule has 3 unspecified atom stereocenters. The van der Waals surface area contributed by atoms with Gasteiger partial charge in [-0.3, -0.25) is 9.13 Å². The number of hydrogen-bond acceptors (Lipinski definition) is 6. The van der Waals surface area contributed by atoms with Gasteiger partial charge in [-0.15, -0.1) is 0 Å². The van der Waals surface area contributed by atoms with Gasteiger partial charge in [-0.1, -0.05) is 11.8 Å². The molecule has 27 heavy (non-hydrogen) atoms. The van der Waals surface area contributed by atoms with E-state index < -0.39 is 22.7 Å². The van der Waals surface area contributed by atoms with Crippen LogP contribution >= 0.6 is 11.8 Å². The molecule has 4 rings (SSSR count). The number of halogens is 1. The maximum Gasteiger partial charge on any atom is 0.330 e. The van der Waals surface area contributed by atoms with Crippen molar-refractivity contribution in [2.24, 2.45) is 13.0 Å². The smallest absolute Gasteiger partial charge is 0.295 e. The summed E-state index contributed by atoms with van der Waals surface area (Å²) < 4.78 is 44.2. The third kappa shape index (κ3) is 3.42. The monoisotopic (exact) mass is 415 g/mol. The summed E-state index contributed by atoms with van der Waals surface area (Å²) in [5.74, 6) is 0.0649. The van der Waals surface area contributed by atoms with E-state index in [2.05, 4.69) is 15.6 Å². The van der Waals surface area contributed by atoms with E-state index in [1.54, 1.807) is 13.1 Å². The van der Waals surface area contributed by atoms with Crippen LogP contribution in [0, 0.1) is 5.92 Å². The second-order valence-corrected chi connectivity index (χ2v) is 10.1. The van der Waals surface area contributed by atoms with Crippen molar-refractivity contribution in [2.45, 2.75) is 41.6 Å². The van der Waals surface area contributed by atoms with Crippen LogP contribution in [0.3, 0.4) is 0 Å². The molecule has 0 bridgehead atoms. The van der Waals surface area contributed by atoms with Crippen LogP contribution in [0.2, 0.25) is 0 Å². The maximum absolute atomic E-state index is 13.2. The number of nitrogens with one attached hydrogen (secondary N) is 3. The number of thioether (sulfide) groups is 1. The van der Waals surface area contributed by atoms with Gasteiger partial charge in [0, 0.05) is 7.05 Å². The molecule has 11 heteroatoms. The molecular weight excluding hydrogens is 393 g/mol. The predicted octanol–water partition coefficient (Wildman–Crippen LogP) is 1.01. The molecule has 0 amide bonds. The van der Waals surface area contributed by atoms with Gasteiger partial charge in [0.15, 0.2) is 5.50 Å². The molecule has 8 nitrogen and oxygen atoms in total. The van der Waals surface area contributed by atoms with Gasteiger partial charge in [0.05, 0.1) is 27.3 Å². The van der Waals surface area contributed by atoms with Gasteiger partial charge in [0.1, 0.15) is 6.67 Å². The van der Waals surface area contributed by atoms with Crippen LogP contribution in [-0.2, 0) is 17.1 Å². The minimum absolute atomic E-state index is 0.0254. The number of rotatable bonds is 6. The number of sulfonamides is 1. The van der Waals surface area contributed by atoms with Crippen molar-refractivity contribution in [2.75, 3.05) is 6.67 Å². The summed E-state index contributed by atoms with van der Waals surface area (Å²) in [6, 6.07) is 3.85. The maximum atomic E-state index is 13.2. The fourth-order valence-electron chi connectivity index (χ4n) is 3.34. The number of aromatic nitrogens is 2. The lowest BCUT2D eigenvalue weighted by Crippen LogP contribution is -2.38. The van der Waals surface area contributed by atoms with Gasteiger partial charge in [-0.05, 0) is 43.9 Å². The lowest BCUT2D eigenvalue weighted by molar-refractivity contribution is 0.379. The van der Waals surface area contributed by atoms with Crippen molar-refractivity contribution in [3.8, 4) is 0 Å². The average molecular weight is 416 g/mol. The summed E-state index contributed by atoms with van der Waals surface area (Å²) in [5, 5.41) is 0.106. The molecule has 1 aromatic carbocycles. The van der Waals surface area contributed by atoms with Crippen LogP contribution in [0.1, 0.15) is 25.3 Å². The van der Waals surface area contributed by atoms with Crippen LogP contribution in [0.15, 0.2) is 27.9 Å². The molecule has 2 heterocycles. The third-order valence-electron chi connectivity index (χ3n) is 5.01. The number of fused-ring (bicyclic) bond motifs is 1. The Hall–Kier alpha value is -1.40. The third-order valence-corrected chi connectivity index (χ3v) is 7.61. The van der Waals surface area contributed by atoms with Gasteiger partial charge >= 0.3 is 5.69 Å². The summed E-state index contributed by atoms with van der Waals surface area (Å²) in [6.07, 6.45) is 1.67. The standard InChI is InChI=1S/C16H22FN5O3S2/c1-9-18-19-15(26-9)22-14-7-11(5-6-13(14)21(2)16(22)23)27(24,25)20-12(8-17)10-3-4-10/h5-7,9-10,12,15,18-20H,3-4,8H2,1-2H3. The lowest BCUT2D eigenvalue weighted by atomic mass is 10.2. The molecule has 1 aliphatic carbocycles. The highest BCUT2D eigenvalue weighted by molar-refractivity contribution is 8.00. The fourth-order valence-corrected chi connectivity index (χ4v) is 5.62. The lowest BCUT2D eigenvalue weighted by Gasteiger charge is -2.15. The summed E-state index contributed by atoms with van der Waals surface area (Å²) >= 11 is 1.51. The molecule has 1 saturated heterocycles. The van der Waals surface area contributed by atoms with E-state index in [0.29, 0.717) is 11.0 Å². The van der Waals surface area contributed by atoms with Crippen LogP contribution in [0.5, 0.6) is 0 Å². The predicted molar refractivity (Wildman–Crippen MR) is 102 cm³/mol. The summed E-state index contributed by atoms with van der Waals surface area (Å²) in [6.45, 7) is 1.23. The van der Waals surface area contributed by atoms with Crippen LogP contribution < -0.4 is 21.3 Å². The van der Waals surface area contributed by atoms with Crippen LogP contribution in [0.4, 0.5) is 4.39 Å². The van der Waals surface area contributed by atoms with Crippen molar-refractivity contribution in [1.29, 1.82) is 0 Å². The summed E-state index contributed by atoms with van der Waals surface area (Å²) in [5.41, 5.74) is 6.62. The summed E-state index contributed by atoms with van der Waals surface area (Å²) in [7, 11) is -2.23. The zero-order chi connectivity index (χ0) is 19.3. The Bertz CT molecular complexity index is 1030. The Kier molecular flexibility index (Phi) is 4.83. The largest absolute Gasteiger partial charge is 0.330 e. The normalized spacial score (nSPS) is 24.6. The highest BCUT2D eigenvalue weighted by Gasteiger charge is 2.35. The van der Waals surface area contributed by atoms with Crippen LogP contribution in [-0.4, -0.2) is 35.6 Å². The highest BCUT2D eigenvalue weighted by atomic mass is 32.2. The average Bonchev–Trinajstić information content (AvgIpc) is 3.35. The molecule has 1 aromatic heterocycles. The molecule has 1 aliphatic heterocycles. The number of alkyl halides is 1.